The van der Waals surface area contributed by atoms with Crippen LogP contribution in [0.2, 0.25) is 0 Å². The van der Waals surface area contributed by atoms with Crippen molar-refractivity contribution in [1.29, 1.82) is 0 Å². The second-order valence-corrected chi connectivity index (χ2v) is 6.28. The summed E-state index contributed by atoms with van der Waals surface area (Å²) in [7, 11) is 3.66. The molecule has 0 aliphatic carbocycles. The highest BCUT2D eigenvalue weighted by atomic mass is 16.6. The third-order valence-electron chi connectivity index (χ3n) is 4.21. The van der Waals surface area contributed by atoms with Crippen LogP contribution >= 0.6 is 0 Å². The highest BCUT2D eigenvalue weighted by Crippen LogP contribution is 2.31. The van der Waals surface area contributed by atoms with E-state index in [2.05, 4.69) is 4.90 Å². The summed E-state index contributed by atoms with van der Waals surface area (Å²) in [6.45, 7) is 3.46. The van der Waals surface area contributed by atoms with Gasteiger partial charge in [-0.25, -0.2) is 0 Å². The van der Waals surface area contributed by atoms with E-state index in [0.29, 0.717) is 25.3 Å². The number of nitrogens with zero attached hydrogens (tertiary/aromatic N) is 1. The van der Waals surface area contributed by atoms with Crippen molar-refractivity contribution >= 4 is 5.78 Å². The van der Waals surface area contributed by atoms with Crippen LogP contribution in [-0.4, -0.2) is 44.1 Å². The Morgan fingerprint density at radius 2 is 2.00 bits per heavy atom. The van der Waals surface area contributed by atoms with Crippen LogP contribution in [0.3, 0.4) is 0 Å². The van der Waals surface area contributed by atoms with Gasteiger partial charge >= 0.3 is 0 Å². The predicted octanol–water partition coefficient (Wildman–Crippen LogP) is 3.17. The number of hydrogen-bond donors (Lipinski definition) is 0. The SMILES string of the molecule is COc1ccc(C(C)=O)cc1CN(C)C[C@@H]1COc2ccccc2O1. The molecule has 132 valence electrons. The van der Waals surface area contributed by atoms with Crippen molar-refractivity contribution in [2.45, 2.75) is 19.6 Å². The van der Waals surface area contributed by atoms with E-state index in [9.17, 15) is 4.79 Å². The lowest BCUT2D eigenvalue weighted by atomic mass is 10.1. The van der Waals surface area contributed by atoms with E-state index in [1.165, 1.54) is 0 Å². The number of rotatable bonds is 6. The van der Waals surface area contributed by atoms with Crippen molar-refractivity contribution in [2.24, 2.45) is 0 Å². The maximum Gasteiger partial charge on any atom is 0.161 e. The molecule has 5 nitrogen and oxygen atoms in total. The quantitative estimate of drug-likeness (QED) is 0.755. The minimum atomic E-state index is -0.0399. The molecule has 5 heteroatoms. The van der Waals surface area contributed by atoms with Crippen LogP contribution in [0.4, 0.5) is 0 Å². The maximum atomic E-state index is 11.6. The zero-order valence-corrected chi connectivity index (χ0v) is 14.8. The Hall–Kier alpha value is -2.53. The molecule has 0 spiro atoms. The van der Waals surface area contributed by atoms with Crippen molar-refractivity contribution in [3.63, 3.8) is 0 Å². The van der Waals surface area contributed by atoms with Crippen molar-refractivity contribution in [2.75, 3.05) is 27.3 Å². The number of para-hydroxylation sites is 2. The van der Waals surface area contributed by atoms with Crippen molar-refractivity contribution in [3.05, 3.63) is 53.6 Å². The lowest BCUT2D eigenvalue weighted by Crippen LogP contribution is -2.39. The predicted molar refractivity (Wildman–Crippen MR) is 95.7 cm³/mol. The van der Waals surface area contributed by atoms with Gasteiger partial charge in [0.05, 0.1) is 7.11 Å². The third kappa shape index (κ3) is 4.12. The van der Waals surface area contributed by atoms with Gasteiger partial charge in [0.25, 0.3) is 0 Å². The fourth-order valence-electron chi connectivity index (χ4n) is 2.98. The molecule has 0 aromatic heterocycles. The molecular weight excluding hydrogens is 318 g/mol. The number of Topliss-reactive ketones (excluding diaryl/α,β-unsaturated/α-hetero) is 1. The fraction of sp³-hybridized carbons (Fsp3) is 0.350. The average molecular weight is 341 g/mol. The topological polar surface area (TPSA) is 48.0 Å². The van der Waals surface area contributed by atoms with Crippen LogP contribution in [0.1, 0.15) is 22.8 Å². The molecule has 1 aliphatic rings. The van der Waals surface area contributed by atoms with Gasteiger partial charge in [-0.1, -0.05) is 12.1 Å². The summed E-state index contributed by atoms with van der Waals surface area (Å²) in [5, 5.41) is 0. The highest BCUT2D eigenvalue weighted by molar-refractivity contribution is 5.94. The van der Waals surface area contributed by atoms with Crippen molar-refractivity contribution in [3.8, 4) is 17.2 Å². The van der Waals surface area contributed by atoms with Crippen LogP contribution in [-0.2, 0) is 6.54 Å². The molecule has 0 fully saturated rings. The summed E-state index contributed by atoms with van der Waals surface area (Å²) in [6, 6.07) is 13.2. The third-order valence-corrected chi connectivity index (χ3v) is 4.21. The summed E-state index contributed by atoms with van der Waals surface area (Å²) in [4.78, 5) is 13.8. The van der Waals surface area contributed by atoms with Crippen molar-refractivity contribution < 1.29 is 19.0 Å². The smallest absolute Gasteiger partial charge is 0.161 e. The van der Waals surface area contributed by atoms with E-state index in [1.54, 1.807) is 20.1 Å². The van der Waals surface area contributed by atoms with E-state index in [1.807, 2.05) is 43.4 Å². The minimum Gasteiger partial charge on any atom is -0.496 e. The minimum absolute atomic E-state index is 0.0399. The van der Waals surface area contributed by atoms with Gasteiger partial charge in [-0.3, -0.25) is 9.69 Å². The van der Waals surface area contributed by atoms with Gasteiger partial charge in [0, 0.05) is 24.2 Å². The summed E-state index contributed by atoms with van der Waals surface area (Å²) in [6.07, 6.45) is -0.0399. The molecule has 0 saturated carbocycles. The molecule has 0 radical (unpaired) electrons. The molecule has 0 saturated heterocycles. The standard InChI is InChI=1S/C20H23NO4/c1-14(22)15-8-9-18(23-3)16(10-15)11-21(2)12-17-13-24-19-6-4-5-7-20(19)25-17/h4-10,17H,11-13H2,1-3H3/t17-/m1/s1. The van der Waals surface area contributed by atoms with Crippen molar-refractivity contribution in [1.82, 2.24) is 4.90 Å². The number of fused-ring (bicyclic) bond motifs is 1. The average Bonchev–Trinajstić information content (AvgIpc) is 2.61. The van der Waals surface area contributed by atoms with E-state index >= 15 is 0 Å². The van der Waals surface area contributed by atoms with Gasteiger partial charge in [-0.15, -0.1) is 0 Å². The molecule has 0 N–H and O–H groups in total. The molecule has 1 atom stereocenters. The summed E-state index contributed by atoms with van der Waals surface area (Å²) >= 11 is 0. The van der Waals surface area contributed by atoms with Crippen LogP contribution in [0.15, 0.2) is 42.5 Å². The molecule has 3 rings (SSSR count). The molecule has 2 aromatic rings. The zero-order chi connectivity index (χ0) is 17.8. The second kappa shape index (κ2) is 7.57. The lowest BCUT2D eigenvalue weighted by Gasteiger charge is -2.29. The van der Waals surface area contributed by atoms with Gasteiger partial charge in [0.15, 0.2) is 17.3 Å². The summed E-state index contributed by atoms with van der Waals surface area (Å²) < 4.78 is 17.2. The van der Waals surface area contributed by atoms with Crippen LogP contribution in [0.25, 0.3) is 0 Å². The Morgan fingerprint density at radius 3 is 2.72 bits per heavy atom. The molecule has 1 heterocycles. The normalized spacial score (nSPS) is 15.9. The van der Waals surface area contributed by atoms with E-state index < -0.39 is 0 Å². The Morgan fingerprint density at radius 1 is 1.24 bits per heavy atom. The number of carbonyl (C=O) groups is 1. The van der Waals surface area contributed by atoms with E-state index in [-0.39, 0.29) is 11.9 Å². The number of carbonyl (C=O) groups excluding carboxylic acids is 1. The van der Waals surface area contributed by atoms with Crippen LogP contribution in [0, 0.1) is 0 Å². The van der Waals surface area contributed by atoms with Crippen LogP contribution < -0.4 is 14.2 Å². The molecule has 0 bridgehead atoms. The van der Waals surface area contributed by atoms with Gasteiger partial charge < -0.3 is 14.2 Å². The molecule has 25 heavy (non-hydrogen) atoms. The van der Waals surface area contributed by atoms with Gasteiger partial charge in [-0.2, -0.15) is 0 Å². The van der Waals surface area contributed by atoms with Gasteiger partial charge in [0.1, 0.15) is 18.5 Å². The Labute approximate surface area is 148 Å². The highest BCUT2D eigenvalue weighted by Gasteiger charge is 2.22. The molecular formula is C20H23NO4. The molecule has 0 amide bonds. The first-order valence-corrected chi connectivity index (χ1v) is 8.31. The van der Waals surface area contributed by atoms with E-state index in [0.717, 1.165) is 22.8 Å². The number of ether oxygens (including phenoxy) is 3. The fourth-order valence-corrected chi connectivity index (χ4v) is 2.98. The first kappa shape index (κ1) is 17.3. The number of hydrogen-bond acceptors (Lipinski definition) is 5. The first-order chi connectivity index (χ1) is 12.1. The molecule has 1 aliphatic heterocycles. The molecule has 2 aromatic carbocycles. The number of methoxy groups -OCH3 is 1. The monoisotopic (exact) mass is 341 g/mol. The number of likely N-dealkylation sites (N-methyl/N-ethyl adjacent to an activating group) is 1. The second-order valence-electron chi connectivity index (χ2n) is 6.28. The van der Waals surface area contributed by atoms with Gasteiger partial charge in [0.2, 0.25) is 0 Å². The van der Waals surface area contributed by atoms with Gasteiger partial charge in [-0.05, 0) is 44.3 Å². The Kier molecular flexibility index (Phi) is 5.24. The Bertz CT molecular complexity index is 759. The number of benzene rings is 2. The number of ketones is 1. The summed E-state index contributed by atoms with van der Waals surface area (Å²) in [5.41, 5.74) is 1.67. The molecule has 0 unspecified atom stereocenters. The Balaban J connectivity index is 1.66. The first-order valence-electron chi connectivity index (χ1n) is 8.31. The maximum absolute atomic E-state index is 11.6. The zero-order valence-electron chi connectivity index (χ0n) is 14.8. The summed E-state index contributed by atoms with van der Waals surface area (Å²) in [5.74, 6) is 2.40. The van der Waals surface area contributed by atoms with Crippen LogP contribution in [0.5, 0.6) is 17.2 Å². The lowest BCUT2D eigenvalue weighted by molar-refractivity contribution is 0.0636. The largest absolute Gasteiger partial charge is 0.496 e. The van der Waals surface area contributed by atoms with E-state index in [4.69, 9.17) is 14.2 Å².